The number of aromatic nitrogens is 2. The standard InChI is InChI=1S/C24H29ClN2O2/c1-3-5-12-23-26-20-14-13-19(25)16-22(20)27(23)21(17-10-7-6-8-11-17)15-18(9-4-2)24(28)29/h6-8,10-11,13-14,16,18,21H,3-5,9,12,15H2,1-2H3,(H,28,29). The molecule has 0 aliphatic rings. The van der Waals surface area contributed by atoms with Gasteiger partial charge in [-0.25, -0.2) is 4.98 Å². The lowest BCUT2D eigenvalue weighted by molar-refractivity contribution is -0.142. The minimum absolute atomic E-state index is 0.0980. The molecule has 4 nitrogen and oxygen atoms in total. The number of unbranched alkanes of at least 4 members (excludes halogenated alkanes) is 1. The van der Waals surface area contributed by atoms with Gasteiger partial charge in [0.05, 0.1) is 23.0 Å². The van der Waals surface area contributed by atoms with Crippen molar-refractivity contribution in [3.63, 3.8) is 0 Å². The van der Waals surface area contributed by atoms with E-state index in [9.17, 15) is 9.90 Å². The van der Waals surface area contributed by atoms with Gasteiger partial charge in [-0.3, -0.25) is 4.79 Å². The third-order valence-corrected chi connectivity index (χ3v) is 5.70. The number of halogens is 1. The van der Waals surface area contributed by atoms with Gasteiger partial charge in [-0.15, -0.1) is 0 Å². The van der Waals surface area contributed by atoms with Gasteiger partial charge in [0.2, 0.25) is 0 Å². The Morgan fingerprint density at radius 3 is 2.55 bits per heavy atom. The Balaban J connectivity index is 2.17. The molecule has 1 heterocycles. The lowest BCUT2D eigenvalue weighted by Crippen LogP contribution is -2.22. The topological polar surface area (TPSA) is 55.1 Å². The van der Waals surface area contributed by atoms with Crippen LogP contribution >= 0.6 is 11.6 Å². The first-order chi connectivity index (χ1) is 14.0. The Kier molecular flexibility index (Phi) is 7.32. The summed E-state index contributed by atoms with van der Waals surface area (Å²) in [6.07, 6.45) is 5.01. The molecule has 154 valence electrons. The Morgan fingerprint density at radius 2 is 1.90 bits per heavy atom. The molecule has 29 heavy (non-hydrogen) atoms. The predicted octanol–water partition coefficient (Wildman–Crippen LogP) is 6.51. The van der Waals surface area contributed by atoms with Gasteiger partial charge in [-0.1, -0.05) is 68.6 Å². The summed E-state index contributed by atoms with van der Waals surface area (Å²) in [5, 5.41) is 10.5. The highest BCUT2D eigenvalue weighted by molar-refractivity contribution is 6.31. The van der Waals surface area contributed by atoms with Crippen LogP contribution in [0.25, 0.3) is 11.0 Å². The van der Waals surface area contributed by atoms with Gasteiger partial charge >= 0.3 is 5.97 Å². The number of hydrogen-bond donors (Lipinski definition) is 1. The van der Waals surface area contributed by atoms with Crippen molar-refractivity contribution in [2.24, 2.45) is 5.92 Å². The molecular formula is C24H29ClN2O2. The van der Waals surface area contributed by atoms with Crippen molar-refractivity contribution in [3.8, 4) is 0 Å². The van der Waals surface area contributed by atoms with Crippen molar-refractivity contribution in [3.05, 3.63) is 64.9 Å². The van der Waals surface area contributed by atoms with Crippen molar-refractivity contribution in [1.29, 1.82) is 0 Å². The molecule has 3 aromatic rings. The number of carboxylic acids is 1. The fourth-order valence-corrected chi connectivity index (χ4v) is 4.17. The second-order valence-electron chi connectivity index (χ2n) is 7.62. The van der Waals surface area contributed by atoms with E-state index < -0.39 is 11.9 Å². The van der Waals surface area contributed by atoms with E-state index in [1.807, 2.05) is 43.3 Å². The van der Waals surface area contributed by atoms with E-state index in [1.165, 1.54) is 0 Å². The molecule has 0 radical (unpaired) electrons. The smallest absolute Gasteiger partial charge is 0.306 e. The maximum Gasteiger partial charge on any atom is 0.306 e. The van der Waals surface area contributed by atoms with Crippen LogP contribution < -0.4 is 0 Å². The number of fused-ring (bicyclic) bond motifs is 1. The lowest BCUT2D eigenvalue weighted by atomic mass is 9.91. The largest absolute Gasteiger partial charge is 0.481 e. The second-order valence-corrected chi connectivity index (χ2v) is 8.06. The van der Waals surface area contributed by atoms with Crippen LogP contribution in [0.2, 0.25) is 5.02 Å². The minimum atomic E-state index is -0.731. The van der Waals surface area contributed by atoms with E-state index in [0.717, 1.165) is 48.1 Å². The molecule has 5 heteroatoms. The van der Waals surface area contributed by atoms with Gasteiger partial charge in [-0.05, 0) is 43.0 Å². The maximum absolute atomic E-state index is 12.0. The Bertz CT molecular complexity index is 952. The van der Waals surface area contributed by atoms with E-state index in [0.29, 0.717) is 17.9 Å². The molecule has 0 amide bonds. The lowest BCUT2D eigenvalue weighted by Gasteiger charge is -2.25. The monoisotopic (exact) mass is 412 g/mol. The summed E-state index contributed by atoms with van der Waals surface area (Å²) < 4.78 is 2.23. The zero-order valence-electron chi connectivity index (χ0n) is 17.1. The van der Waals surface area contributed by atoms with Crippen molar-refractivity contribution in [2.75, 3.05) is 0 Å². The molecule has 2 unspecified atom stereocenters. The molecule has 0 spiro atoms. The number of rotatable bonds is 10. The summed E-state index contributed by atoms with van der Waals surface area (Å²) >= 11 is 6.33. The molecular weight excluding hydrogens is 384 g/mol. The van der Waals surface area contributed by atoms with Gasteiger partial charge in [0.15, 0.2) is 0 Å². The van der Waals surface area contributed by atoms with Crippen LogP contribution in [0.1, 0.15) is 63.4 Å². The predicted molar refractivity (Wildman–Crippen MR) is 119 cm³/mol. The highest BCUT2D eigenvalue weighted by atomic mass is 35.5. The highest BCUT2D eigenvalue weighted by Crippen LogP contribution is 2.34. The van der Waals surface area contributed by atoms with E-state index >= 15 is 0 Å². The molecule has 1 aromatic heterocycles. The first kappa shape index (κ1) is 21.4. The fourth-order valence-electron chi connectivity index (χ4n) is 4.00. The van der Waals surface area contributed by atoms with Crippen LogP contribution in [0.15, 0.2) is 48.5 Å². The number of imidazole rings is 1. The third-order valence-electron chi connectivity index (χ3n) is 5.47. The van der Waals surface area contributed by atoms with Crippen molar-refractivity contribution < 1.29 is 9.90 Å². The first-order valence-electron chi connectivity index (χ1n) is 10.5. The summed E-state index contributed by atoms with van der Waals surface area (Å²) in [5.41, 5.74) is 2.98. The van der Waals surface area contributed by atoms with Crippen molar-refractivity contribution in [1.82, 2.24) is 9.55 Å². The van der Waals surface area contributed by atoms with Gasteiger partial charge in [-0.2, -0.15) is 0 Å². The summed E-state index contributed by atoms with van der Waals surface area (Å²) in [6, 6.07) is 15.8. The minimum Gasteiger partial charge on any atom is -0.481 e. The summed E-state index contributed by atoms with van der Waals surface area (Å²) in [5.74, 6) is -0.134. The van der Waals surface area contributed by atoms with Crippen molar-refractivity contribution in [2.45, 2.75) is 58.4 Å². The molecule has 0 aliphatic carbocycles. The van der Waals surface area contributed by atoms with E-state index in [4.69, 9.17) is 16.6 Å². The van der Waals surface area contributed by atoms with Crippen LogP contribution in [0, 0.1) is 5.92 Å². The zero-order valence-corrected chi connectivity index (χ0v) is 17.9. The van der Waals surface area contributed by atoms with Crippen LogP contribution in [0.5, 0.6) is 0 Å². The van der Waals surface area contributed by atoms with Crippen molar-refractivity contribution >= 4 is 28.6 Å². The fraction of sp³-hybridized carbons (Fsp3) is 0.417. The van der Waals surface area contributed by atoms with Gasteiger partial charge in [0.25, 0.3) is 0 Å². The van der Waals surface area contributed by atoms with Gasteiger partial charge in [0.1, 0.15) is 5.82 Å². The highest BCUT2D eigenvalue weighted by Gasteiger charge is 2.27. The van der Waals surface area contributed by atoms with Crippen LogP contribution in [-0.2, 0) is 11.2 Å². The van der Waals surface area contributed by atoms with E-state index in [-0.39, 0.29) is 6.04 Å². The normalized spacial score (nSPS) is 13.5. The number of hydrogen-bond acceptors (Lipinski definition) is 2. The zero-order chi connectivity index (χ0) is 20.8. The molecule has 0 aliphatic heterocycles. The quantitative estimate of drug-likeness (QED) is 0.412. The summed E-state index contributed by atoms with van der Waals surface area (Å²) in [4.78, 5) is 16.8. The average molecular weight is 413 g/mol. The Morgan fingerprint density at radius 1 is 1.14 bits per heavy atom. The Hall–Kier alpha value is -2.33. The molecule has 2 atom stereocenters. The number of aryl methyl sites for hydroxylation is 1. The first-order valence-corrected chi connectivity index (χ1v) is 10.9. The number of carbonyl (C=O) groups is 1. The van der Waals surface area contributed by atoms with Gasteiger partial charge < -0.3 is 9.67 Å². The molecule has 3 rings (SSSR count). The van der Waals surface area contributed by atoms with E-state index in [2.05, 4.69) is 23.6 Å². The summed E-state index contributed by atoms with van der Waals surface area (Å²) in [6.45, 7) is 4.20. The number of aliphatic carboxylic acids is 1. The molecule has 0 bridgehead atoms. The number of carboxylic acid groups (broad SMARTS) is 1. The molecule has 2 aromatic carbocycles. The van der Waals surface area contributed by atoms with E-state index in [1.54, 1.807) is 0 Å². The SMILES string of the molecule is CCCCc1nc2ccc(Cl)cc2n1C(CC(CCC)C(=O)O)c1ccccc1. The second kappa shape index (κ2) is 9.93. The van der Waals surface area contributed by atoms with Crippen LogP contribution in [0.4, 0.5) is 0 Å². The average Bonchev–Trinajstić information content (AvgIpc) is 3.07. The maximum atomic E-state index is 12.0. The number of nitrogens with zero attached hydrogens (tertiary/aromatic N) is 2. The Labute approximate surface area is 177 Å². The number of benzene rings is 2. The summed E-state index contributed by atoms with van der Waals surface area (Å²) in [7, 11) is 0. The van der Waals surface area contributed by atoms with Crippen LogP contribution in [0.3, 0.4) is 0 Å². The molecule has 1 N–H and O–H groups in total. The molecule has 0 saturated heterocycles. The van der Waals surface area contributed by atoms with Crippen LogP contribution in [-0.4, -0.2) is 20.6 Å². The third kappa shape index (κ3) is 4.99. The van der Waals surface area contributed by atoms with Gasteiger partial charge in [0, 0.05) is 11.4 Å². The molecule has 0 fully saturated rings. The molecule has 0 saturated carbocycles.